The van der Waals surface area contributed by atoms with E-state index in [1.54, 1.807) is 0 Å². The summed E-state index contributed by atoms with van der Waals surface area (Å²) in [6.07, 6.45) is 2.50. The summed E-state index contributed by atoms with van der Waals surface area (Å²) >= 11 is 0. The first-order valence-corrected chi connectivity index (χ1v) is 4.10. The fraction of sp³-hybridized carbons (Fsp3) is 1.00. The topological polar surface area (TPSA) is 52.0 Å². The molecule has 1 atom stereocenters. The molecule has 3 rings (SSSR count). The van der Waals surface area contributed by atoms with Gasteiger partial charge in [0.05, 0.1) is 19.1 Å². The molecular weight excluding hydrogens is 126 g/mol. The average Bonchev–Trinajstić information content (AvgIpc) is 1.87. The Morgan fingerprint density at radius 3 is 2.10 bits per heavy atom. The standard InChI is InChI=1S/C7H16N3/c8-7-5-10(9)3-1-6(7)2-4-10/h6-7H,1-5,8-9H2/q+1/t6?,7-,10?/m1/s1. The lowest BCUT2D eigenvalue weighted by Crippen LogP contribution is -2.69. The number of piperidine rings is 3. The monoisotopic (exact) mass is 142 g/mol. The third-order valence-corrected chi connectivity index (χ3v) is 3.07. The van der Waals surface area contributed by atoms with Gasteiger partial charge in [0, 0.05) is 12.8 Å². The van der Waals surface area contributed by atoms with Crippen LogP contribution in [0.4, 0.5) is 0 Å². The maximum Gasteiger partial charge on any atom is 0.112 e. The number of nitrogens with two attached hydrogens (primary N) is 2. The van der Waals surface area contributed by atoms with Crippen LogP contribution in [0.3, 0.4) is 0 Å². The molecule has 3 aliphatic rings. The van der Waals surface area contributed by atoms with Crippen molar-refractivity contribution in [1.82, 2.24) is 0 Å². The zero-order valence-corrected chi connectivity index (χ0v) is 6.29. The highest BCUT2D eigenvalue weighted by Gasteiger charge is 2.42. The van der Waals surface area contributed by atoms with E-state index in [0.29, 0.717) is 6.04 Å². The van der Waals surface area contributed by atoms with Crippen LogP contribution in [0.1, 0.15) is 12.8 Å². The Hall–Kier alpha value is -0.120. The van der Waals surface area contributed by atoms with Gasteiger partial charge < -0.3 is 5.73 Å². The minimum atomic E-state index is 0.382. The molecule has 3 nitrogen and oxygen atoms in total. The summed E-state index contributed by atoms with van der Waals surface area (Å²) in [6.45, 7) is 3.31. The summed E-state index contributed by atoms with van der Waals surface area (Å²) in [4.78, 5) is 0. The quantitative estimate of drug-likeness (QED) is 0.351. The Labute approximate surface area is 61.5 Å². The predicted octanol–water partition coefficient (Wildman–Crippen LogP) is -0.572. The van der Waals surface area contributed by atoms with Crippen LogP contribution in [-0.2, 0) is 0 Å². The maximum absolute atomic E-state index is 6.04. The number of rotatable bonds is 0. The highest BCUT2D eigenvalue weighted by atomic mass is 15.6. The van der Waals surface area contributed by atoms with Crippen LogP contribution >= 0.6 is 0 Å². The molecule has 10 heavy (non-hydrogen) atoms. The number of nitrogens with zero attached hydrogens (tertiary/aromatic N) is 1. The molecule has 3 aliphatic heterocycles. The highest BCUT2D eigenvalue weighted by molar-refractivity contribution is 4.80. The first kappa shape index (κ1) is 6.58. The van der Waals surface area contributed by atoms with Gasteiger partial charge in [0.25, 0.3) is 0 Å². The molecular formula is C7H16N3+. The van der Waals surface area contributed by atoms with E-state index in [4.69, 9.17) is 11.6 Å². The smallest absolute Gasteiger partial charge is 0.112 e. The van der Waals surface area contributed by atoms with Crippen molar-refractivity contribution in [1.29, 1.82) is 0 Å². The highest BCUT2D eigenvalue weighted by Crippen LogP contribution is 2.29. The van der Waals surface area contributed by atoms with E-state index < -0.39 is 0 Å². The zero-order valence-electron chi connectivity index (χ0n) is 6.29. The van der Waals surface area contributed by atoms with E-state index in [2.05, 4.69) is 0 Å². The first-order valence-electron chi connectivity index (χ1n) is 4.10. The third-order valence-electron chi connectivity index (χ3n) is 3.07. The molecule has 0 spiro atoms. The van der Waals surface area contributed by atoms with Crippen molar-refractivity contribution >= 4 is 0 Å². The summed E-state index contributed by atoms with van der Waals surface area (Å²) in [5.41, 5.74) is 5.91. The van der Waals surface area contributed by atoms with Crippen LogP contribution in [0.15, 0.2) is 0 Å². The zero-order chi connectivity index (χ0) is 7.19. The molecule has 58 valence electrons. The van der Waals surface area contributed by atoms with Gasteiger partial charge in [-0.15, -0.1) is 0 Å². The summed E-state index contributed by atoms with van der Waals surface area (Å²) in [5.74, 6) is 6.83. The Morgan fingerprint density at radius 1 is 1.20 bits per heavy atom. The van der Waals surface area contributed by atoms with Gasteiger partial charge in [0.1, 0.15) is 6.54 Å². The van der Waals surface area contributed by atoms with Crippen LogP contribution in [-0.4, -0.2) is 30.3 Å². The normalized spacial score (nSPS) is 53.4. The summed E-state index contributed by atoms with van der Waals surface area (Å²) in [5, 5.41) is 0. The van der Waals surface area contributed by atoms with E-state index in [1.807, 2.05) is 0 Å². The Bertz CT molecular complexity index is 138. The van der Waals surface area contributed by atoms with E-state index in [9.17, 15) is 0 Å². The maximum atomic E-state index is 6.04. The number of hydrogen-bond acceptors (Lipinski definition) is 2. The van der Waals surface area contributed by atoms with Crippen molar-refractivity contribution in [2.45, 2.75) is 18.9 Å². The van der Waals surface area contributed by atoms with Gasteiger partial charge in [-0.05, 0) is 5.92 Å². The molecule has 0 aromatic rings. The molecule has 0 unspecified atom stereocenters. The predicted molar refractivity (Wildman–Crippen MR) is 39.7 cm³/mol. The van der Waals surface area contributed by atoms with Crippen molar-refractivity contribution in [3.05, 3.63) is 0 Å². The molecule has 3 fully saturated rings. The van der Waals surface area contributed by atoms with E-state index >= 15 is 0 Å². The van der Waals surface area contributed by atoms with Crippen molar-refractivity contribution in [3.63, 3.8) is 0 Å². The van der Waals surface area contributed by atoms with Crippen LogP contribution in [0.25, 0.3) is 0 Å². The fourth-order valence-electron chi connectivity index (χ4n) is 2.28. The Balaban J connectivity index is 2.14. The number of quaternary nitrogens is 1. The minimum Gasteiger partial charge on any atom is -0.323 e. The lowest BCUT2D eigenvalue weighted by Gasteiger charge is -2.47. The van der Waals surface area contributed by atoms with Crippen molar-refractivity contribution in [2.24, 2.45) is 17.5 Å². The average molecular weight is 142 g/mol. The van der Waals surface area contributed by atoms with Crippen molar-refractivity contribution < 1.29 is 4.59 Å². The molecule has 0 radical (unpaired) electrons. The van der Waals surface area contributed by atoms with Gasteiger partial charge in [-0.3, -0.25) is 0 Å². The molecule has 4 N–H and O–H groups in total. The lowest BCUT2D eigenvalue weighted by molar-refractivity contribution is -0.954. The fourth-order valence-corrected chi connectivity index (χ4v) is 2.28. The largest absolute Gasteiger partial charge is 0.323 e. The second-order valence-corrected chi connectivity index (χ2v) is 3.85. The number of fused-ring (bicyclic) bond motifs is 3. The lowest BCUT2D eigenvalue weighted by atomic mass is 9.84. The summed E-state index contributed by atoms with van der Waals surface area (Å²) in [6, 6.07) is 0.382. The van der Waals surface area contributed by atoms with Crippen molar-refractivity contribution in [3.8, 4) is 0 Å². The SMILES string of the molecule is N[C@@H]1C[N+]2(N)CCC1CC2. The van der Waals surface area contributed by atoms with Gasteiger partial charge in [-0.2, -0.15) is 5.84 Å². The first-order chi connectivity index (χ1) is 4.70. The van der Waals surface area contributed by atoms with Crippen LogP contribution in [0.5, 0.6) is 0 Å². The van der Waals surface area contributed by atoms with Crippen LogP contribution in [0, 0.1) is 5.92 Å². The van der Waals surface area contributed by atoms with E-state index in [1.165, 1.54) is 12.8 Å². The second-order valence-electron chi connectivity index (χ2n) is 3.85. The third kappa shape index (κ3) is 0.856. The second kappa shape index (κ2) is 1.94. The van der Waals surface area contributed by atoms with Gasteiger partial charge >= 0.3 is 0 Å². The van der Waals surface area contributed by atoms with E-state index in [0.717, 1.165) is 30.1 Å². The van der Waals surface area contributed by atoms with Crippen LogP contribution < -0.4 is 11.6 Å². The Kier molecular flexibility index (Phi) is 1.27. The molecule has 3 saturated heterocycles. The number of hydrogen-bond donors (Lipinski definition) is 2. The molecule has 3 heteroatoms. The molecule has 2 bridgehead atoms. The van der Waals surface area contributed by atoms with E-state index in [-0.39, 0.29) is 0 Å². The Morgan fingerprint density at radius 2 is 1.80 bits per heavy atom. The molecule has 0 saturated carbocycles. The van der Waals surface area contributed by atoms with Crippen molar-refractivity contribution in [2.75, 3.05) is 19.6 Å². The molecule has 0 aromatic heterocycles. The van der Waals surface area contributed by atoms with Gasteiger partial charge in [0.2, 0.25) is 0 Å². The molecule has 0 amide bonds. The molecule has 3 heterocycles. The summed E-state index contributed by atoms with van der Waals surface area (Å²) in [7, 11) is 0. The van der Waals surface area contributed by atoms with Gasteiger partial charge in [0.15, 0.2) is 0 Å². The molecule has 0 aliphatic carbocycles. The minimum absolute atomic E-state index is 0.382. The summed E-state index contributed by atoms with van der Waals surface area (Å²) < 4.78 is 0.748. The van der Waals surface area contributed by atoms with Gasteiger partial charge in [-0.25, -0.2) is 4.59 Å². The van der Waals surface area contributed by atoms with Crippen LogP contribution in [0.2, 0.25) is 0 Å². The molecule has 0 aromatic carbocycles. The van der Waals surface area contributed by atoms with Gasteiger partial charge in [-0.1, -0.05) is 0 Å².